The summed E-state index contributed by atoms with van der Waals surface area (Å²) in [5.41, 5.74) is 16.2. The van der Waals surface area contributed by atoms with Crippen LogP contribution in [0.1, 0.15) is 74.2 Å². The largest absolute Gasteiger partial charge is 0.507 e. The van der Waals surface area contributed by atoms with Crippen LogP contribution in [0, 0.1) is 20.7 Å². The van der Waals surface area contributed by atoms with E-state index in [-0.39, 0.29) is 11.3 Å². The molecule has 67 heavy (non-hydrogen) atoms. The number of rotatable bonds is 10. The van der Waals surface area contributed by atoms with E-state index in [1.165, 1.54) is 0 Å². The van der Waals surface area contributed by atoms with Crippen molar-refractivity contribution in [3.05, 3.63) is 216 Å². The van der Waals surface area contributed by atoms with Gasteiger partial charge in [0.15, 0.2) is 0 Å². The number of aryl methyl sites for hydroxylation is 3. The fourth-order valence-electron chi connectivity index (χ4n) is 9.45. The van der Waals surface area contributed by atoms with E-state index >= 15 is 0 Å². The Morgan fingerprint density at radius 1 is 0.507 bits per heavy atom. The van der Waals surface area contributed by atoms with Crippen LogP contribution in [0.15, 0.2) is 188 Å². The SMILES string of the molecule is [2H]C([2H])([2H])c1cc(-c2c(C([2H])(C)C)cccc2C([2H])(C)C)ccc1-n1c(-c2cc(C)cc(C)c2O)nc2c(-c3cc(-c4ccccc4)cc(-c4cc(-c5ccc(-c6ccccc6)cc5)ccn4)c3)cccc21. The Morgan fingerprint density at radius 2 is 1.10 bits per heavy atom. The molecule has 0 aliphatic rings. The van der Waals surface area contributed by atoms with Crippen molar-refractivity contribution < 1.29 is 12.0 Å². The third-order valence-corrected chi connectivity index (χ3v) is 12.8. The molecule has 0 radical (unpaired) electrons. The number of hydrogen-bond donors (Lipinski definition) is 1. The molecule has 8 aromatic carbocycles. The van der Waals surface area contributed by atoms with Gasteiger partial charge < -0.3 is 5.11 Å². The Balaban J connectivity index is 1.20. The summed E-state index contributed by atoms with van der Waals surface area (Å²) in [6.07, 6.45) is 1.85. The van der Waals surface area contributed by atoms with Gasteiger partial charge in [-0.1, -0.05) is 155 Å². The maximum Gasteiger partial charge on any atom is 0.149 e. The highest BCUT2D eigenvalue weighted by atomic mass is 16.3. The zero-order valence-corrected chi connectivity index (χ0v) is 38.7. The number of nitrogens with zero attached hydrogens (tertiary/aromatic N) is 3. The maximum atomic E-state index is 11.9. The normalized spacial score (nSPS) is 13.1. The molecule has 0 spiro atoms. The van der Waals surface area contributed by atoms with Crippen LogP contribution in [0.5, 0.6) is 5.75 Å². The third-order valence-electron chi connectivity index (χ3n) is 12.8. The molecule has 0 aliphatic carbocycles. The predicted octanol–water partition coefficient (Wildman–Crippen LogP) is 17.0. The summed E-state index contributed by atoms with van der Waals surface area (Å²) in [6.45, 7) is 8.43. The first-order valence-corrected chi connectivity index (χ1v) is 22.8. The lowest BCUT2D eigenvalue weighted by molar-refractivity contribution is 0.472. The number of benzene rings is 8. The first-order valence-electron chi connectivity index (χ1n) is 25.3. The smallest absolute Gasteiger partial charge is 0.149 e. The molecule has 4 heteroatoms. The Labute approximate surface area is 402 Å². The van der Waals surface area contributed by atoms with Crippen molar-refractivity contribution in [3.63, 3.8) is 0 Å². The third kappa shape index (κ3) is 8.25. The van der Waals surface area contributed by atoms with E-state index in [0.717, 1.165) is 61.3 Å². The van der Waals surface area contributed by atoms with E-state index in [0.29, 0.717) is 55.9 Å². The molecule has 0 saturated carbocycles. The lowest BCUT2D eigenvalue weighted by atomic mass is 9.84. The van der Waals surface area contributed by atoms with E-state index in [9.17, 15) is 5.11 Å². The number of hydrogen-bond acceptors (Lipinski definition) is 3. The van der Waals surface area contributed by atoms with Crippen molar-refractivity contribution in [2.24, 2.45) is 0 Å². The van der Waals surface area contributed by atoms with Crippen molar-refractivity contribution in [2.45, 2.75) is 60.2 Å². The molecule has 0 atom stereocenters. The molecule has 0 bridgehead atoms. The van der Waals surface area contributed by atoms with Gasteiger partial charge in [0.2, 0.25) is 0 Å². The van der Waals surface area contributed by atoms with Crippen LogP contribution in [0.2, 0.25) is 0 Å². The van der Waals surface area contributed by atoms with E-state index in [1.807, 2.05) is 155 Å². The molecular formula is C63H55N3O. The number of pyridine rings is 1. The molecule has 10 rings (SSSR count). The molecule has 0 saturated heterocycles. The number of phenolic OH excluding ortho intramolecular Hbond substituents is 1. The minimum Gasteiger partial charge on any atom is -0.507 e. The number of aromatic nitrogens is 3. The molecular weight excluding hydrogens is 815 g/mol. The van der Waals surface area contributed by atoms with Crippen molar-refractivity contribution in [2.75, 3.05) is 0 Å². The second-order valence-corrected chi connectivity index (χ2v) is 17.9. The molecule has 0 amide bonds. The van der Waals surface area contributed by atoms with E-state index in [1.54, 1.807) is 6.07 Å². The van der Waals surface area contributed by atoms with Crippen molar-refractivity contribution in [1.29, 1.82) is 0 Å². The minimum absolute atomic E-state index is 0.0497. The van der Waals surface area contributed by atoms with Gasteiger partial charge in [-0.05, 0) is 165 Å². The summed E-state index contributed by atoms with van der Waals surface area (Å²) in [7, 11) is 0. The number of imidazole rings is 1. The van der Waals surface area contributed by atoms with Gasteiger partial charge in [0.25, 0.3) is 0 Å². The van der Waals surface area contributed by atoms with Gasteiger partial charge in [-0.25, -0.2) is 4.98 Å². The summed E-state index contributed by atoms with van der Waals surface area (Å²) >= 11 is 0. The summed E-state index contributed by atoms with van der Waals surface area (Å²) < 4.78 is 47.4. The summed E-state index contributed by atoms with van der Waals surface area (Å²) in [6, 6.07) is 60.6. The molecule has 328 valence electrons. The van der Waals surface area contributed by atoms with Crippen LogP contribution in [0.3, 0.4) is 0 Å². The molecule has 10 aromatic rings. The molecule has 0 fully saturated rings. The van der Waals surface area contributed by atoms with E-state index in [2.05, 4.69) is 72.8 Å². The maximum absolute atomic E-state index is 11.9. The van der Waals surface area contributed by atoms with Crippen LogP contribution in [-0.2, 0) is 0 Å². The van der Waals surface area contributed by atoms with Gasteiger partial charge >= 0.3 is 0 Å². The quantitative estimate of drug-likeness (QED) is 0.149. The molecule has 0 unspecified atom stereocenters. The fraction of sp³-hybridized carbons (Fsp3) is 0.143. The number of phenols is 1. The van der Waals surface area contributed by atoms with Crippen molar-refractivity contribution in [1.82, 2.24) is 14.5 Å². The fourth-order valence-corrected chi connectivity index (χ4v) is 9.45. The lowest BCUT2D eigenvalue weighted by Gasteiger charge is -2.21. The zero-order chi connectivity index (χ0) is 50.7. The first kappa shape index (κ1) is 37.4. The highest BCUT2D eigenvalue weighted by Gasteiger charge is 2.24. The first-order chi connectivity index (χ1) is 34.3. The molecule has 0 aliphatic heterocycles. The van der Waals surface area contributed by atoms with Gasteiger partial charge in [0, 0.05) is 24.2 Å². The Kier molecular flexibility index (Phi) is 9.98. The highest BCUT2D eigenvalue weighted by Crippen LogP contribution is 2.43. The van der Waals surface area contributed by atoms with Gasteiger partial charge in [-0.2, -0.15) is 0 Å². The van der Waals surface area contributed by atoms with Gasteiger partial charge in [-0.3, -0.25) is 9.55 Å². The van der Waals surface area contributed by atoms with Crippen LogP contribution < -0.4 is 0 Å². The summed E-state index contributed by atoms with van der Waals surface area (Å²) in [5.74, 6) is -1.67. The van der Waals surface area contributed by atoms with Crippen molar-refractivity contribution in [3.8, 4) is 89.7 Å². The predicted molar refractivity (Wildman–Crippen MR) is 281 cm³/mol. The van der Waals surface area contributed by atoms with Crippen LogP contribution in [0.25, 0.3) is 95.0 Å². The van der Waals surface area contributed by atoms with Crippen LogP contribution in [-0.4, -0.2) is 19.6 Å². The second-order valence-electron chi connectivity index (χ2n) is 17.9. The average Bonchev–Trinajstić information content (AvgIpc) is 3.76. The lowest BCUT2D eigenvalue weighted by Crippen LogP contribution is -2.03. The Morgan fingerprint density at radius 3 is 1.78 bits per heavy atom. The van der Waals surface area contributed by atoms with Gasteiger partial charge in [0.05, 0.1) is 28.0 Å². The van der Waals surface area contributed by atoms with Crippen molar-refractivity contribution >= 4 is 11.0 Å². The Bertz CT molecular complexity index is 3630. The molecule has 1 N–H and O–H groups in total. The van der Waals surface area contributed by atoms with E-state index in [4.69, 9.17) is 16.8 Å². The van der Waals surface area contributed by atoms with E-state index < -0.39 is 18.6 Å². The Hall–Kier alpha value is -7.82. The molecule has 2 aromatic heterocycles. The number of para-hydroxylation sites is 1. The monoisotopic (exact) mass is 874 g/mol. The van der Waals surface area contributed by atoms with Gasteiger partial charge in [-0.15, -0.1) is 0 Å². The number of aromatic hydroxyl groups is 1. The highest BCUT2D eigenvalue weighted by molar-refractivity contribution is 5.98. The number of fused-ring (bicyclic) bond motifs is 1. The minimum atomic E-state index is -2.62. The van der Waals surface area contributed by atoms with Gasteiger partial charge in [0.1, 0.15) is 11.6 Å². The second kappa shape index (κ2) is 17.9. The average molecular weight is 875 g/mol. The topological polar surface area (TPSA) is 50.9 Å². The summed E-state index contributed by atoms with van der Waals surface area (Å²) in [5, 5.41) is 11.9. The van der Waals surface area contributed by atoms with Crippen LogP contribution >= 0.6 is 0 Å². The molecule has 2 heterocycles. The standard InChI is InChI=1S/C63H55N3O/c1-39(2)53-20-14-21-54(40(3)4)60(53)49-28-29-58(42(6)34-49)66-59-23-15-22-55(61(59)65-63(66)56-33-41(5)32-43(7)62(56)67)51-35-50(45-18-12-9-13-19-45)36-52(37-51)57-38-48(30-31-64-57)47-26-24-46(25-27-47)44-16-10-8-11-17-44/h8-40,67H,1-7H3/i6D3,39D,40D. The zero-order valence-electron chi connectivity index (χ0n) is 43.7. The van der Waals surface area contributed by atoms with Crippen LogP contribution in [0.4, 0.5) is 0 Å². The summed E-state index contributed by atoms with van der Waals surface area (Å²) in [4.78, 5) is 10.4. The molecule has 4 nitrogen and oxygen atoms in total.